The Labute approximate surface area is 228 Å². The van der Waals surface area contributed by atoms with Gasteiger partial charge in [-0.15, -0.1) is 0 Å². The molecule has 38 heavy (non-hydrogen) atoms. The van der Waals surface area contributed by atoms with Crippen molar-refractivity contribution >= 4 is 28.7 Å². The molecule has 4 aromatic rings. The molecule has 0 spiro atoms. The van der Waals surface area contributed by atoms with Crippen molar-refractivity contribution < 1.29 is 9.59 Å². The summed E-state index contributed by atoms with van der Waals surface area (Å²) in [4.78, 5) is 30.7. The Kier molecular flexibility index (Phi) is 8.31. The van der Waals surface area contributed by atoms with Crippen molar-refractivity contribution in [3.05, 3.63) is 112 Å². The van der Waals surface area contributed by atoms with Crippen LogP contribution in [0, 0.1) is 0 Å². The highest BCUT2D eigenvalue weighted by molar-refractivity contribution is 7.08. The van der Waals surface area contributed by atoms with E-state index in [2.05, 4.69) is 50.8 Å². The zero-order valence-corrected chi connectivity index (χ0v) is 22.5. The summed E-state index contributed by atoms with van der Waals surface area (Å²) in [5, 5.41) is 7.13. The molecule has 5 nitrogen and oxygen atoms in total. The van der Waals surface area contributed by atoms with Gasteiger partial charge in [0.25, 0.3) is 0 Å². The van der Waals surface area contributed by atoms with Gasteiger partial charge in [-0.05, 0) is 58.1 Å². The van der Waals surface area contributed by atoms with Crippen LogP contribution in [0.1, 0.15) is 34.5 Å². The third-order valence-corrected chi connectivity index (χ3v) is 7.80. The quantitative estimate of drug-likeness (QED) is 0.280. The van der Waals surface area contributed by atoms with Gasteiger partial charge in [-0.3, -0.25) is 14.5 Å². The fourth-order valence-electron chi connectivity index (χ4n) is 5.17. The fraction of sp³-hybridized carbons (Fsp3) is 0.250. The highest BCUT2D eigenvalue weighted by Crippen LogP contribution is 2.28. The van der Waals surface area contributed by atoms with Crippen LogP contribution in [0.15, 0.2) is 95.7 Å². The summed E-state index contributed by atoms with van der Waals surface area (Å²) in [7, 11) is 0. The summed E-state index contributed by atoms with van der Waals surface area (Å²) in [6.45, 7) is 5.87. The van der Waals surface area contributed by atoms with Crippen molar-refractivity contribution in [2.75, 3.05) is 37.6 Å². The van der Waals surface area contributed by atoms with Gasteiger partial charge in [0.2, 0.25) is 5.91 Å². The zero-order chi connectivity index (χ0) is 26.3. The predicted molar refractivity (Wildman–Crippen MR) is 156 cm³/mol. The number of hydrogen-bond acceptors (Lipinski definition) is 5. The molecular weight excluding hydrogens is 490 g/mol. The number of likely N-dealkylation sites (N-methyl/N-ethyl adjacent to an activating group) is 1. The van der Waals surface area contributed by atoms with E-state index in [1.54, 1.807) is 11.3 Å². The molecule has 1 aliphatic rings. The second-order valence-corrected chi connectivity index (χ2v) is 10.3. The third-order valence-electron chi connectivity index (χ3n) is 7.12. The monoisotopic (exact) mass is 523 g/mol. The number of anilines is 1. The van der Waals surface area contributed by atoms with E-state index in [0.717, 1.165) is 59.7 Å². The van der Waals surface area contributed by atoms with Gasteiger partial charge in [0.15, 0.2) is 5.78 Å². The lowest BCUT2D eigenvalue weighted by atomic mass is 9.95. The summed E-state index contributed by atoms with van der Waals surface area (Å²) in [5.74, 6) is 0.187. The number of thiophene rings is 1. The van der Waals surface area contributed by atoms with Gasteiger partial charge in [0, 0.05) is 50.4 Å². The summed E-state index contributed by atoms with van der Waals surface area (Å²) in [5.41, 5.74) is 6.05. The first-order valence-electron chi connectivity index (χ1n) is 13.2. The van der Waals surface area contributed by atoms with Crippen LogP contribution in [0.3, 0.4) is 0 Å². The number of rotatable bonds is 9. The number of nitrogens with zero attached hydrogens (tertiary/aromatic N) is 2. The number of ketones is 1. The molecule has 1 aliphatic heterocycles. The van der Waals surface area contributed by atoms with Crippen LogP contribution in [-0.2, 0) is 11.2 Å². The average Bonchev–Trinajstić information content (AvgIpc) is 3.50. The van der Waals surface area contributed by atoms with E-state index in [-0.39, 0.29) is 17.7 Å². The van der Waals surface area contributed by atoms with Crippen LogP contribution in [0.25, 0.3) is 11.1 Å². The van der Waals surface area contributed by atoms with Crippen LogP contribution in [0.4, 0.5) is 5.69 Å². The first-order chi connectivity index (χ1) is 18.6. The maximum atomic E-state index is 13.2. The molecule has 1 aromatic heterocycles. The van der Waals surface area contributed by atoms with Crippen molar-refractivity contribution in [2.24, 2.45) is 0 Å². The van der Waals surface area contributed by atoms with E-state index in [4.69, 9.17) is 0 Å². The summed E-state index contributed by atoms with van der Waals surface area (Å²) >= 11 is 1.64. The van der Waals surface area contributed by atoms with Crippen LogP contribution in [0.2, 0.25) is 0 Å². The number of amides is 1. The summed E-state index contributed by atoms with van der Waals surface area (Å²) in [6, 6.07) is 28.0. The Hall–Kier alpha value is -3.74. The van der Waals surface area contributed by atoms with Crippen molar-refractivity contribution in [2.45, 2.75) is 19.4 Å². The molecule has 1 N–H and O–H groups in total. The number of nitrogens with one attached hydrogen (secondary N) is 1. The number of carbonyl (C=O) groups excluding carboxylic acids is 2. The van der Waals surface area contributed by atoms with Crippen molar-refractivity contribution in [1.82, 2.24) is 10.2 Å². The number of carbonyl (C=O) groups is 2. The molecule has 1 amide bonds. The van der Waals surface area contributed by atoms with Crippen LogP contribution >= 0.6 is 11.3 Å². The van der Waals surface area contributed by atoms with Gasteiger partial charge >= 0.3 is 0 Å². The molecule has 1 atom stereocenters. The summed E-state index contributed by atoms with van der Waals surface area (Å²) < 4.78 is 0. The Morgan fingerprint density at radius 2 is 1.58 bits per heavy atom. The smallest absolute Gasteiger partial charge is 0.241 e. The van der Waals surface area contributed by atoms with E-state index in [1.807, 2.05) is 66.9 Å². The molecular formula is C32H33N3O2S. The molecule has 1 saturated heterocycles. The fourth-order valence-corrected chi connectivity index (χ4v) is 5.83. The lowest BCUT2D eigenvalue weighted by Crippen LogP contribution is -2.51. The molecule has 1 unspecified atom stereocenters. The molecule has 0 saturated carbocycles. The third kappa shape index (κ3) is 5.87. The number of hydrogen-bond donors (Lipinski definition) is 1. The molecule has 5 rings (SSSR count). The second kappa shape index (κ2) is 12.2. The highest BCUT2D eigenvalue weighted by atomic mass is 32.1. The maximum Gasteiger partial charge on any atom is 0.241 e. The number of piperazine rings is 1. The molecule has 0 radical (unpaired) electrons. The topological polar surface area (TPSA) is 52.7 Å². The average molecular weight is 524 g/mol. The molecule has 194 valence electrons. The standard InChI is InChI=1S/C32H33N3O2S/c1-2-33-32(37)31(25-8-4-3-5-9-25)35-19-17-34(18-20-35)27-14-12-24(13-15-27)22-30(36)29-11-7-6-10-28(29)26-16-21-38-23-26/h3-16,21,23,31H,2,17-20,22H2,1H3,(H,33,37). The van der Waals surface area contributed by atoms with Gasteiger partial charge in [-0.1, -0.05) is 66.7 Å². The van der Waals surface area contributed by atoms with E-state index in [1.165, 1.54) is 0 Å². The molecule has 0 aliphatic carbocycles. The van der Waals surface area contributed by atoms with Crippen molar-refractivity contribution in [3.8, 4) is 11.1 Å². The van der Waals surface area contributed by atoms with Gasteiger partial charge in [0.1, 0.15) is 6.04 Å². The van der Waals surface area contributed by atoms with Gasteiger partial charge in [-0.25, -0.2) is 0 Å². The Morgan fingerprint density at radius 3 is 2.26 bits per heavy atom. The lowest BCUT2D eigenvalue weighted by molar-refractivity contribution is -0.126. The first-order valence-corrected chi connectivity index (χ1v) is 14.1. The van der Waals surface area contributed by atoms with Gasteiger partial charge < -0.3 is 10.2 Å². The zero-order valence-electron chi connectivity index (χ0n) is 21.7. The Balaban J connectivity index is 1.22. The molecule has 1 fully saturated rings. The molecule has 0 bridgehead atoms. The van der Waals surface area contributed by atoms with Crippen LogP contribution in [-0.4, -0.2) is 49.3 Å². The molecule has 6 heteroatoms. The van der Waals surface area contributed by atoms with Crippen LogP contribution in [0.5, 0.6) is 0 Å². The van der Waals surface area contributed by atoms with E-state index in [0.29, 0.717) is 13.0 Å². The SMILES string of the molecule is CCNC(=O)C(c1ccccc1)N1CCN(c2ccc(CC(=O)c3ccccc3-c3ccsc3)cc2)CC1. The van der Waals surface area contributed by atoms with Gasteiger partial charge in [0.05, 0.1) is 0 Å². The number of Topliss-reactive ketones (excluding diaryl/α,β-unsaturated/α-hetero) is 1. The minimum atomic E-state index is -0.274. The van der Waals surface area contributed by atoms with Crippen molar-refractivity contribution in [3.63, 3.8) is 0 Å². The predicted octanol–water partition coefficient (Wildman–Crippen LogP) is 5.84. The van der Waals surface area contributed by atoms with Gasteiger partial charge in [-0.2, -0.15) is 11.3 Å². The molecule has 2 heterocycles. The second-order valence-electron chi connectivity index (χ2n) is 9.55. The lowest BCUT2D eigenvalue weighted by Gasteiger charge is -2.39. The number of benzene rings is 3. The maximum absolute atomic E-state index is 13.2. The van der Waals surface area contributed by atoms with E-state index < -0.39 is 0 Å². The first kappa shape index (κ1) is 25.9. The van der Waals surface area contributed by atoms with Crippen molar-refractivity contribution in [1.29, 1.82) is 0 Å². The minimum absolute atomic E-state index is 0.0572. The Morgan fingerprint density at radius 1 is 0.868 bits per heavy atom. The largest absolute Gasteiger partial charge is 0.369 e. The summed E-state index contributed by atoms with van der Waals surface area (Å²) in [6.07, 6.45) is 0.376. The normalized spacial score (nSPS) is 14.7. The van der Waals surface area contributed by atoms with E-state index in [9.17, 15) is 9.59 Å². The minimum Gasteiger partial charge on any atom is -0.369 e. The van der Waals surface area contributed by atoms with E-state index >= 15 is 0 Å². The molecule has 3 aromatic carbocycles. The van der Waals surface area contributed by atoms with Crippen LogP contribution < -0.4 is 10.2 Å². The Bertz CT molecular complexity index is 1350. The highest BCUT2D eigenvalue weighted by Gasteiger charge is 2.30.